The van der Waals surface area contributed by atoms with Crippen LogP contribution in [0.2, 0.25) is 0 Å². The first kappa shape index (κ1) is 7.58. The molecule has 0 amide bonds. The van der Waals surface area contributed by atoms with Gasteiger partial charge in [-0.1, -0.05) is 11.8 Å². The molecule has 0 rings (SSSR count). The molecule has 0 aliphatic heterocycles. The SMILES string of the molecule is COCSC(N)=NN. The van der Waals surface area contributed by atoms with Gasteiger partial charge in [0.2, 0.25) is 0 Å². The van der Waals surface area contributed by atoms with Gasteiger partial charge in [0, 0.05) is 7.11 Å². The molecule has 0 aromatic carbocycles. The molecule has 0 unspecified atom stereocenters. The van der Waals surface area contributed by atoms with Gasteiger partial charge in [-0.15, -0.1) is 0 Å². The third kappa shape index (κ3) is 3.76. The average molecular weight is 135 g/mol. The molecule has 0 fully saturated rings. The van der Waals surface area contributed by atoms with Crippen molar-refractivity contribution in [2.75, 3.05) is 13.0 Å². The zero-order valence-corrected chi connectivity index (χ0v) is 5.44. The van der Waals surface area contributed by atoms with Crippen molar-refractivity contribution >= 4 is 16.9 Å². The number of ether oxygens (including phenoxy) is 1. The van der Waals surface area contributed by atoms with Crippen LogP contribution in [0.1, 0.15) is 0 Å². The lowest BCUT2D eigenvalue weighted by molar-refractivity contribution is 0.259. The molecule has 48 valence electrons. The zero-order chi connectivity index (χ0) is 6.41. The summed E-state index contributed by atoms with van der Waals surface area (Å²) in [6, 6.07) is 0. The lowest BCUT2D eigenvalue weighted by Crippen LogP contribution is -2.10. The van der Waals surface area contributed by atoms with Crippen molar-refractivity contribution in [3.05, 3.63) is 0 Å². The highest BCUT2D eigenvalue weighted by atomic mass is 32.2. The molecule has 0 atom stereocenters. The Morgan fingerprint density at radius 3 is 2.88 bits per heavy atom. The molecule has 0 aliphatic carbocycles. The third-order valence-electron chi connectivity index (χ3n) is 0.452. The molecule has 0 bridgehead atoms. The van der Waals surface area contributed by atoms with Gasteiger partial charge in [-0.3, -0.25) is 0 Å². The van der Waals surface area contributed by atoms with Crippen LogP contribution in [-0.2, 0) is 4.74 Å². The van der Waals surface area contributed by atoms with E-state index in [0.717, 1.165) is 0 Å². The van der Waals surface area contributed by atoms with Crippen LogP contribution in [0.5, 0.6) is 0 Å². The Labute approximate surface area is 52.3 Å². The van der Waals surface area contributed by atoms with E-state index in [4.69, 9.17) is 11.6 Å². The van der Waals surface area contributed by atoms with Crippen molar-refractivity contribution in [2.24, 2.45) is 16.7 Å². The lowest BCUT2D eigenvalue weighted by Gasteiger charge is -1.94. The highest BCUT2D eigenvalue weighted by molar-refractivity contribution is 8.13. The molecule has 0 aliphatic rings. The van der Waals surface area contributed by atoms with Gasteiger partial charge >= 0.3 is 0 Å². The second-order valence-corrected chi connectivity index (χ2v) is 1.96. The van der Waals surface area contributed by atoms with E-state index in [1.54, 1.807) is 7.11 Å². The Balaban J connectivity index is 3.12. The normalized spacial score (nSPS) is 11.9. The summed E-state index contributed by atoms with van der Waals surface area (Å²) in [7, 11) is 1.58. The number of thioether (sulfide) groups is 1. The van der Waals surface area contributed by atoms with E-state index in [1.807, 2.05) is 0 Å². The Morgan fingerprint density at radius 2 is 2.50 bits per heavy atom. The van der Waals surface area contributed by atoms with Crippen LogP contribution >= 0.6 is 11.8 Å². The fraction of sp³-hybridized carbons (Fsp3) is 0.667. The zero-order valence-electron chi connectivity index (χ0n) is 4.63. The molecule has 0 aromatic rings. The molecule has 0 spiro atoms. The molecular weight excluding hydrogens is 126 g/mol. The largest absolute Gasteiger partial charge is 0.377 e. The Morgan fingerprint density at radius 1 is 1.88 bits per heavy atom. The van der Waals surface area contributed by atoms with Crippen molar-refractivity contribution in [3.63, 3.8) is 0 Å². The van der Waals surface area contributed by atoms with Crippen LogP contribution < -0.4 is 11.6 Å². The van der Waals surface area contributed by atoms with Crippen molar-refractivity contribution < 1.29 is 4.74 Å². The number of amidine groups is 1. The van der Waals surface area contributed by atoms with E-state index in [-0.39, 0.29) is 0 Å². The Kier molecular flexibility index (Phi) is 4.48. The molecular formula is C3H9N3OS. The molecule has 8 heavy (non-hydrogen) atoms. The van der Waals surface area contributed by atoms with E-state index in [1.165, 1.54) is 11.8 Å². The third-order valence-corrected chi connectivity index (χ3v) is 1.21. The number of methoxy groups -OCH3 is 1. The number of nitrogens with two attached hydrogens (primary N) is 2. The summed E-state index contributed by atoms with van der Waals surface area (Å²) in [4.78, 5) is 0. The van der Waals surface area contributed by atoms with Crippen molar-refractivity contribution in [1.29, 1.82) is 0 Å². The van der Waals surface area contributed by atoms with Gasteiger partial charge in [-0.25, -0.2) is 0 Å². The fourth-order valence-electron chi connectivity index (χ4n) is 0.157. The lowest BCUT2D eigenvalue weighted by atomic mass is 11.4. The smallest absolute Gasteiger partial charge is 0.179 e. The second-order valence-electron chi connectivity index (χ2n) is 1.02. The minimum atomic E-state index is 0.340. The molecule has 0 aromatic heterocycles. The Hall–Kier alpha value is -0.420. The van der Waals surface area contributed by atoms with Crippen LogP contribution in [0.4, 0.5) is 0 Å². The summed E-state index contributed by atoms with van der Waals surface area (Å²) in [5.74, 6) is 5.29. The maximum Gasteiger partial charge on any atom is 0.179 e. The summed E-state index contributed by atoms with van der Waals surface area (Å²) >= 11 is 1.26. The molecule has 0 saturated heterocycles. The van der Waals surface area contributed by atoms with E-state index in [2.05, 4.69) is 9.84 Å². The number of nitrogens with zero attached hydrogens (tertiary/aromatic N) is 1. The molecule has 4 N–H and O–H groups in total. The number of hydrogen-bond donors (Lipinski definition) is 2. The second kappa shape index (κ2) is 4.73. The van der Waals surface area contributed by atoms with Crippen molar-refractivity contribution in [2.45, 2.75) is 0 Å². The van der Waals surface area contributed by atoms with Crippen LogP contribution in [0.25, 0.3) is 0 Å². The van der Waals surface area contributed by atoms with Crippen molar-refractivity contribution in [3.8, 4) is 0 Å². The van der Waals surface area contributed by atoms with E-state index < -0.39 is 0 Å². The molecule has 0 saturated carbocycles. The first-order valence-electron chi connectivity index (χ1n) is 1.96. The summed E-state index contributed by atoms with van der Waals surface area (Å²) in [6.07, 6.45) is 0. The van der Waals surface area contributed by atoms with Gasteiger partial charge < -0.3 is 16.3 Å². The number of hydrazone groups is 1. The average Bonchev–Trinajstić information content (AvgIpc) is 1.83. The van der Waals surface area contributed by atoms with E-state index in [0.29, 0.717) is 11.1 Å². The van der Waals surface area contributed by atoms with Gasteiger partial charge in [0.25, 0.3) is 0 Å². The van der Waals surface area contributed by atoms with Crippen LogP contribution in [0, 0.1) is 0 Å². The number of hydrogen-bond acceptors (Lipinski definition) is 4. The predicted molar refractivity (Wildman–Crippen MR) is 35.3 cm³/mol. The summed E-state index contributed by atoms with van der Waals surface area (Å²) in [5, 5.41) is 3.54. The highest BCUT2D eigenvalue weighted by Crippen LogP contribution is 1.96. The maximum atomic E-state index is 5.17. The maximum absolute atomic E-state index is 5.17. The summed E-state index contributed by atoms with van der Waals surface area (Å²) in [6.45, 7) is 0. The fourth-order valence-corrected chi connectivity index (χ4v) is 0.470. The van der Waals surface area contributed by atoms with Crippen LogP contribution in [0.15, 0.2) is 5.10 Å². The Bertz CT molecular complexity index is 84.6. The molecule has 0 radical (unpaired) electrons. The van der Waals surface area contributed by atoms with Gasteiger partial charge in [0.05, 0.1) is 5.94 Å². The van der Waals surface area contributed by atoms with E-state index in [9.17, 15) is 0 Å². The topological polar surface area (TPSA) is 73.6 Å². The molecule has 0 heterocycles. The number of rotatable bonds is 2. The minimum Gasteiger partial charge on any atom is -0.377 e. The first-order chi connectivity index (χ1) is 3.81. The predicted octanol–water partition coefficient (Wildman–Crippen LogP) is -0.488. The summed E-state index contributed by atoms with van der Waals surface area (Å²) < 4.78 is 4.66. The van der Waals surface area contributed by atoms with Gasteiger partial charge in [-0.2, -0.15) is 5.10 Å². The first-order valence-corrected chi connectivity index (χ1v) is 2.95. The van der Waals surface area contributed by atoms with E-state index >= 15 is 0 Å². The van der Waals surface area contributed by atoms with Crippen molar-refractivity contribution in [1.82, 2.24) is 0 Å². The summed E-state index contributed by atoms with van der Waals surface area (Å²) in [5.41, 5.74) is 5.17. The van der Waals surface area contributed by atoms with Crippen LogP contribution in [0.3, 0.4) is 0 Å². The highest BCUT2D eigenvalue weighted by Gasteiger charge is 1.87. The quantitative estimate of drug-likeness (QED) is 0.176. The minimum absolute atomic E-state index is 0.340. The van der Waals surface area contributed by atoms with Gasteiger partial charge in [0.15, 0.2) is 5.17 Å². The monoisotopic (exact) mass is 135 g/mol. The van der Waals surface area contributed by atoms with Crippen LogP contribution in [-0.4, -0.2) is 18.2 Å². The molecule has 4 nitrogen and oxygen atoms in total. The standard InChI is InChI=1S/C3H9N3OS/c1-7-2-8-3(4)6-5/h2,5H2,1H3,(H2,4,6). The van der Waals surface area contributed by atoms with Gasteiger partial charge in [-0.05, 0) is 0 Å². The van der Waals surface area contributed by atoms with Gasteiger partial charge in [0.1, 0.15) is 0 Å². The molecule has 5 heteroatoms.